The third kappa shape index (κ3) is 3.83. The van der Waals surface area contributed by atoms with Crippen LogP contribution in [0.3, 0.4) is 0 Å². The van der Waals surface area contributed by atoms with Gasteiger partial charge in [-0.3, -0.25) is 4.99 Å². The van der Waals surface area contributed by atoms with E-state index in [1.807, 2.05) is 26.8 Å². The van der Waals surface area contributed by atoms with E-state index >= 15 is 0 Å². The van der Waals surface area contributed by atoms with E-state index in [0.717, 1.165) is 3.57 Å². The zero-order chi connectivity index (χ0) is 11.6. The number of benzene rings is 1. The first-order valence-electron chi connectivity index (χ1n) is 4.50. The van der Waals surface area contributed by atoms with E-state index in [1.165, 1.54) is 0 Å². The monoisotopic (exact) mass is 383 g/mol. The van der Waals surface area contributed by atoms with Crippen LogP contribution in [-0.4, -0.2) is 11.8 Å². The molecular weight excluding hydrogens is 372 g/mol. The van der Waals surface area contributed by atoms with Crippen LogP contribution in [0.4, 0.5) is 4.39 Å². The maximum atomic E-state index is 13.7. The summed E-state index contributed by atoms with van der Waals surface area (Å²) in [6.45, 7) is 5.94. The van der Waals surface area contributed by atoms with E-state index in [4.69, 9.17) is 0 Å². The van der Waals surface area contributed by atoms with E-state index in [2.05, 4.69) is 43.5 Å². The van der Waals surface area contributed by atoms with Crippen molar-refractivity contribution < 1.29 is 4.39 Å². The van der Waals surface area contributed by atoms with Crippen molar-refractivity contribution in [1.82, 2.24) is 0 Å². The summed E-state index contributed by atoms with van der Waals surface area (Å²) in [5, 5.41) is 0. The van der Waals surface area contributed by atoms with Crippen molar-refractivity contribution >= 4 is 44.7 Å². The van der Waals surface area contributed by atoms with Crippen LogP contribution in [0.25, 0.3) is 0 Å². The first-order chi connectivity index (χ1) is 6.81. The van der Waals surface area contributed by atoms with Crippen molar-refractivity contribution in [1.29, 1.82) is 0 Å². The van der Waals surface area contributed by atoms with Crippen molar-refractivity contribution in [3.05, 3.63) is 31.6 Å². The summed E-state index contributed by atoms with van der Waals surface area (Å²) < 4.78 is 15.0. The molecule has 0 spiro atoms. The Hall–Kier alpha value is 0.0300. The van der Waals surface area contributed by atoms with E-state index in [9.17, 15) is 4.39 Å². The molecule has 4 heteroatoms. The van der Waals surface area contributed by atoms with Crippen LogP contribution in [0.5, 0.6) is 0 Å². The zero-order valence-electron chi connectivity index (χ0n) is 8.81. The lowest BCUT2D eigenvalue weighted by atomic mass is 10.1. The topological polar surface area (TPSA) is 12.4 Å². The molecule has 1 rings (SSSR count). The highest BCUT2D eigenvalue weighted by Gasteiger charge is 2.10. The molecule has 0 aliphatic rings. The number of aliphatic imine (C=N–C) groups is 1. The van der Waals surface area contributed by atoms with Gasteiger partial charge in [0.25, 0.3) is 0 Å². The van der Waals surface area contributed by atoms with E-state index in [0.29, 0.717) is 10.0 Å². The summed E-state index contributed by atoms with van der Waals surface area (Å²) in [7, 11) is 0. The average molecular weight is 384 g/mol. The molecule has 0 atom stereocenters. The highest BCUT2D eigenvalue weighted by molar-refractivity contribution is 14.1. The van der Waals surface area contributed by atoms with E-state index in [-0.39, 0.29) is 11.4 Å². The molecule has 1 aromatic rings. The maximum absolute atomic E-state index is 13.7. The first-order valence-corrected chi connectivity index (χ1v) is 6.37. The van der Waals surface area contributed by atoms with Gasteiger partial charge in [-0.25, -0.2) is 4.39 Å². The van der Waals surface area contributed by atoms with E-state index < -0.39 is 0 Å². The van der Waals surface area contributed by atoms with Gasteiger partial charge in [-0.05, 0) is 71.4 Å². The van der Waals surface area contributed by atoms with Gasteiger partial charge in [0.2, 0.25) is 0 Å². The molecule has 0 aromatic heterocycles. The molecule has 0 unspecified atom stereocenters. The van der Waals surface area contributed by atoms with Crippen molar-refractivity contribution in [2.75, 3.05) is 0 Å². The largest absolute Gasteiger partial charge is 0.287 e. The molecule has 0 aliphatic heterocycles. The molecule has 0 aliphatic carbocycles. The van der Waals surface area contributed by atoms with Crippen LogP contribution in [0.1, 0.15) is 26.3 Å². The smallest absolute Gasteiger partial charge is 0.147 e. The van der Waals surface area contributed by atoms with Crippen LogP contribution >= 0.6 is 38.5 Å². The summed E-state index contributed by atoms with van der Waals surface area (Å²) in [4.78, 5) is 4.30. The molecular formula is C11H12BrFIN. The standard InChI is InChI=1S/C11H12BrFIN/c1-11(2,3)15-6-7-9(14)5-4-8(12)10(7)13/h4-6H,1-3H3/b15-6+. The molecule has 0 N–H and O–H groups in total. The number of halogens is 3. The fraction of sp³-hybridized carbons (Fsp3) is 0.364. The van der Waals surface area contributed by atoms with Crippen LogP contribution in [0.2, 0.25) is 0 Å². The highest BCUT2D eigenvalue weighted by Crippen LogP contribution is 2.22. The van der Waals surface area contributed by atoms with Crippen molar-refractivity contribution in [3.63, 3.8) is 0 Å². The van der Waals surface area contributed by atoms with Crippen LogP contribution < -0.4 is 0 Å². The fourth-order valence-corrected chi connectivity index (χ4v) is 1.82. The number of rotatable bonds is 1. The van der Waals surface area contributed by atoms with Gasteiger partial charge in [-0.2, -0.15) is 0 Å². The summed E-state index contributed by atoms with van der Waals surface area (Å²) in [5.74, 6) is -0.255. The molecule has 1 aromatic carbocycles. The lowest BCUT2D eigenvalue weighted by Gasteiger charge is -2.11. The molecule has 0 heterocycles. The normalized spacial score (nSPS) is 12.4. The molecule has 0 amide bonds. The summed E-state index contributed by atoms with van der Waals surface area (Å²) in [5.41, 5.74) is 0.359. The Morgan fingerprint density at radius 1 is 1.40 bits per heavy atom. The number of hydrogen-bond donors (Lipinski definition) is 0. The minimum atomic E-state index is -0.255. The molecule has 0 saturated heterocycles. The Balaban J connectivity index is 3.15. The van der Waals surface area contributed by atoms with Crippen LogP contribution in [-0.2, 0) is 0 Å². The lowest BCUT2D eigenvalue weighted by molar-refractivity contribution is 0.584. The average Bonchev–Trinajstić information content (AvgIpc) is 2.10. The quantitative estimate of drug-likeness (QED) is 0.387. The summed E-state index contributed by atoms with van der Waals surface area (Å²) in [6.07, 6.45) is 1.60. The van der Waals surface area contributed by atoms with Gasteiger partial charge >= 0.3 is 0 Å². The molecule has 0 bridgehead atoms. The Morgan fingerprint density at radius 2 is 2.00 bits per heavy atom. The molecule has 0 fully saturated rings. The Kier molecular flexibility index (Phi) is 4.29. The minimum absolute atomic E-state index is 0.183. The second kappa shape index (κ2) is 4.91. The van der Waals surface area contributed by atoms with Gasteiger partial charge in [0.1, 0.15) is 5.82 Å². The fourth-order valence-electron chi connectivity index (χ4n) is 0.919. The summed E-state index contributed by atoms with van der Waals surface area (Å²) >= 11 is 5.26. The van der Waals surface area contributed by atoms with Gasteiger partial charge in [0.05, 0.1) is 10.0 Å². The Morgan fingerprint density at radius 3 is 2.53 bits per heavy atom. The van der Waals surface area contributed by atoms with Gasteiger partial charge in [0, 0.05) is 15.3 Å². The molecule has 0 radical (unpaired) electrons. The van der Waals surface area contributed by atoms with Crippen molar-refractivity contribution in [3.8, 4) is 0 Å². The van der Waals surface area contributed by atoms with Gasteiger partial charge in [-0.15, -0.1) is 0 Å². The lowest BCUT2D eigenvalue weighted by Crippen LogP contribution is -2.10. The number of hydrogen-bond acceptors (Lipinski definition) is 1. The van der Waals surface area contributed by atoms with E-state index in [1.54, 1.807) is 12.3 Å². The molecule has 82 valence electrons. The highest BCUT2D eigenvalue weighted by atomic mass is 127. The zero-order valence-corrected chi connectivity index (χ0v) is 12.6. The second-order valence-corrected chi connectivity index (χ2v) is 6.20. The van der Waals surface area contributed by atoms with Gasteiger partial charge in [0.15, 0.2) is 0 Å². The van der Waals surface area contributed by atoms with Crippen LogP contribution in [0, 0.1) is 9.39 Å². The van der Waals surface area contributed by atoms with Gasteiger partial charge < -0.3 is 0 Å². The van der Waals surface area contributed by atoms with Gasteiger partial charge in [-0.1, -0.05) is 0 Å². The summed E-state index contributed by atoms with van der Waals surface area (Å²) in [6, 6.07) is 3.56. The Bertz CT molecular complexity index is 396. The molecule has 15 heavy (non-hydrogen) atoms. The molecule has 0 saturated carbocycles. The SMILES string of the molecule is CC(C)(C)/N=C/c1c(I)ccc(Br)c1F. The van der Waals surface area contributed by atoms with Crippen molar-refractivity contribution in [2.45, 2.75) is 26.3 Å². The predicted octanol–water partition coefficient (Wildman–Crippen LogP) is 4.41. The third-order valence-corrected chi connectivity index (χ3v) is 3.21. The number of nitrogens with zero attached hydrogens (tertiary/aromatic N) is 1. The minimum Gasteiger partial charge on any atom is -0.287 e. The van der Waals surface area contributed by atoms with Crippen molar-refractivity contribution in [2.24, 2.45) is 4.99 Å². The maximum Gasteiger partial charge on any atom is 0.147 e. The predicted molar refractivity (Wildman–Crippen MR) is 74.2 cm³/mol. The third-order valence-electron chi connectivity index (χ3n) is 1.66. The van der Waals surface area contributed by atoms with Crippen LogP contribution in [0.15, 0.2) is 21.6 Å². The Labute approximate surface area is 111 Å². The first kappa shape index (κ1) is 13.1. The second-order valence-electron chi connectivity index (χ2n) is 4.19. The molecule has 1 nitrogen and oxygen atoms in total.